The van der Waals surface area contributed by atoms with E-state index in [1.54, 1.807) is 17.5 Å². The summed E-state index contributed by atoms with van der Waals surface area (Å²) in [5.41, 5.74) is 2.74. The molecule has 3 aliphatic rings. The molecule has 1 unspecified atom stereocenters. The maximum Gasteiger partial charge on any atom is 0.416 e. The monoisotopic (exact) mass is 601 g/mol. The number of rotatable bonds is 5. The Kier molecular flexibility index (Phi) is 7.93. The van der Waals surface area contributed by atoms with Crippen molar-refractivity contribution in [1.29, 1.82) is 0 Å². The van der Waals surface area contributed by atoms with Crippen molar-refractivity contribution in [3.8, 4) is 0 Å². The molecular weight excluding hydrogens is 575 g/mol. The van der Waals surface area contributed by atoms with Crippen LogP contribution in [0.25, 0.3) is 0 Å². The summed E-state index contributed by atoms with van der Waals surface area (Å²) in [6.45, 7) is 4.57. The number of benzene rings is 2. The number of anilines is 1. The smallest absolute Gasteiger partial charge is 0.416 e. The van der Waals surface area contributed by atoms with Crippen LogP contribution in [0.5, 0.6) is 0 Å². The molecule has 7 nitrogen and oxygen atoms in total. The zero-order chi connectivity index (χ0) is 29.4. The van der Waals surface area contributed by atoms with Crippen LogP contribution in [-0.4, -0.2) is 34.5 Å². The van der Waals surface area contributed by atoms with Gasteiger partial charge in [-0.1, -0.05) is 48.9 Å². The van der Waals surface area contributed by atoms with Gasteiger partial charge < -0.3 is 10.0 Å². The highest BCUT2D eigenvalue weighted by Gasteiger charge is 2.40. The standard InChI is InChI=1S/C15H11ClN4S.C14H16F3NO2/c1-9-18-19-13-8-17-14(10-4-2-3-5-12(10)16)11-6-7-21-15(11)20(9)13;1-13(6-7-13)9-18(12(19)20)8-10-2-4-11(5-3-10)14(15,16)17/h2-9H,1H3;2-5H,6-9H2,1H3,(H,19,20). The molecule has 0 radical (unpaired) electrons. The van der Waals surface area contributed by atoms with E-state index in [2.05, 4.69) is 31.6 Å². The van der Waals surface area contributed by atoms with Crippen LogP contribution in [0.3, 0.4) is 0 Å². The van der Waals surface area contributed by atoms with Crippen LogP contribution in [0.1, 0.15) is 48.9 Å². The molecule has 3 heterocycles. The summed E-state index contributed by atoms with van der Waals surface area (Å²) in [4.78, 5) is 19.2. The van der Waals surface area contributed by atoms with E-state index in [0.29, 0.717) is 17.1 Å². The Morgan fingerprint density at radius 3 is 2.49 bits per heavy atom. The van der Waals surface area contributed by atoms with Gasteiger partial charge >= 0.3 is 12.3 Å². The van der Waals surface area contributed by atoms with Gasteiger partial charge in [0.15, 0.2) is 5.82 Å². The van der Waals surface area contributed by atoms with Gasteiger partial charge in [0.2, 0.25) is 0 Å². The van der Waals surface area contributed by atoms with Gasteiger partial charge in [0, 0.05) is 29.2 Å². The number of hydrogen-bond acceptors (Lipinski definition) is 6. The predicted molar refractivity (Wildman–Crippen MR) is 154 cm³/mol. The molecule has 1 saturated carbocycles. The molecule has 6 rings (SSSR count). The Morgan fingerprint density at radius 2 is 1.85 bits per heavy atom. The van der Waals surface area contributed by atoms with Crippen LogP contribution < -0.4 is 4.90 Å². The van der Waals surface area contributed by atoms with Gasteiger partial charge in [-0.2, -0.15) is 18.3 Å². The number of hydrogen-bond donors (Lipinski definition) is 1. The Morgan fingerprint density at radius 1 is 1.15 bits per heavy atom. The number of carbonyl (C=O) groups is 1. The molecule has 0 spiro atoms. The van der Waals surface area contributed by atoms with Gasteiger partial charge in [-0.25, -0.2) is 4.79 Å². The third-order valence-corrected chi connectivity index (χ3v) is 8.35. The van der Waals surface area contributed by atoms with Crippen molar-refractivity contribution in [2.45, 2.75) is 45.6 Å². The third-order valence-electron chi connectivity index (χ3n) is 7.11. The van der Waals surface area contributed by atoms with Gasteiger partial charge in [-0.3, -0.25) is 9.89 Å². The lowest BCUT2D eigenvalue weighted by Crippen LogP contribution is -2.33. The van der Waals surface area contributed by atoms with E-state index in [-0.39, 0.29) is 18.1 Å². The molecule has 2 aliphatic heterocycles. The first-order chi connectivity index (χ1) is 19.4. The van der Waals surface area contributed by atoms with Crippen molar-refractivity contribution in [2.24, 2.45) is 20.6 Å². The van der Waals surface area contributed by atoms with E-state index < -0.39 is 17.8 Å². The first-order valence-corrected chi connectivity index (χ1v) is 14.2. The van der Waals surface area contributed by atoms with Gasteiger partial charge in [-0.15, -0.1) is 16.5 Å². The average Bonchev–Trinajstić information content (AvgIpc) is 3.33. The molecule has 214 valence electrons. The van der Waals surface area contributed by atoms with Crippen molar-refractivity contribution in [2.75, 3.05) is 11.4 Å². The number of halogens is 4. The Labute approximate surface area is 244 Å². The average molecular weight is 602 g/mol. The first-order valence-electron chi connectivity index (χ1n) is 12.9. The van der Waals surface area contributed by atoms with Gasteiger partial charge in [0.1, 0.15) is 11.2 Å². The molecule has 12 heteroatoms. The number of carboxylic acid groups (broad SMARTS) is 1. The zero-order valence-corrected chi connectivity index (χ0v) is 23.8. The second-order valence-electron chi connectivity index (χ2n) is 10.4. The van der Waals surface area contributed by atoms with Gasteiger partial charge in [0.05, 0.1) is 17.5 Å². The molecular formula is C29H27ClF3N5O2S. The molecule has 0 saturated heterocycles. The SMILES string of the molecule is CC1(CN(Cc2ccc(C(F)(F)F)cc2)C(=O)O)CC1.CC1N=NC2=CN=C(c3ccccc3Cl)c3ccsc3N21. The van der Waals surface area contributed by atoms with E-state index in [4.69, 9.17) is 16.7 Å². The quantitative estimate of drug-likeness (QED) is 0.318. The molecule has 0 bridgehead atoms. The Balaban J connectivity index is 0.000000165. The molecule has 1 atom stereocenters. The summed E-state index contributed by atoms with van der Waals surface area (Å²) in [6.07, 6.45) is -1.68. The van der Waals surface area contributed by atoms with Gasteiger partial charge in [0.25, 0.3) is 0 Å². The van der Waals surface area contributed by atoms with Crippen LogP contribution >= 0.6 is 22.9 Å². The van der Waals surface area contributed by atoms with Crippen LogP contribution in [0.2, 0.25) is 5.02 Å². The molecule has 1 aromatic heterocycles. The zero-order valence-electron chi connectivity index (χ0n) is 22.3. The summed E-state index contributed by atoms with van der Waals surface area (Å²) < 4.78 is 37.3. The maximum atomic E-state index is 12.4. The fourth-order valence-corrected chi connectivity index (χ4v) is 5.78. The number of amides is 1. The number of nitrogens with zero attached hydrogens (tertiary/aromatic N) is 5. The summed E-state index contributed by atoms with van der Waals surface area (Å²) in [5.74, 6) is 0.772. The van der Waals surface area contributed by atoms with Crippen LogP contribution in [0.4, 0.5) is 23.0 Å². The van der Waals surface area contributed by atoms with Crippen LogP contribution in [-0.2, 0) is 12.7 Å². The highest BCUT2D eigenvalue weighted by molar-refractivity contribution is 7.14. The normalized spacial score (nSPS) is 18.3. The lowest BCUT2D eigenvalue weighted by atomic mass is 10.0. The summed E-state index contributed by atoms with van der Waals surface area (Å²) >= 11 is 8.00. The minimum absolute atomic E-state index is 0.00514. The van der Waals surface area contributed by atoms with Crippen LogP contribution in [0.15, 0.2) is 87.2 Å². The molecule has 1 amide bonds. The van der Waals surface area contributed by atoms with E-state index in [0.717, 1.165) is 52.6 Å². The third kappa shape index (κ3) is 6.46. The minimum atomic E-state index is -4.37. The summed E-state index contributed by atoms with van der Waals surface area (Å²) in [7, 11) is 0. The highest BCUT2D eigenvalue weighted by atomic mass is 35.5. The van der Waals surface area contributed by atoms with Crippen molar-refractivity contribution in [1.82, 2.24) is 4.90 Å². The van der Waals surface area contributed by atoms with Crippen molar-refractivity contribution < 1.29 is 23.1 Å². The Bertz CT molecular complexity index is 1530. The molecule has 1 fully saturated rings. The first kappa shape index (κ1) is 28.8. The van der Waals surface area contributed by atoms with Crippen LogP contribution in [0, 0.1) is 5.41 Å². The lowest BCUT2D eigenvalue weighted by molar-refractivity contribution is -0.137. The molecule has 3 aromatic rings. The minimum Gasteiger partial charge on any atom is -0.465 e. The largest absolute Gasteiger partial charge is 0.465 e. The topological polar surface area (TPSA) is 80.9 Å². The Hall–Kier alpha value is -3.70. The number of alkyl halides is 3. The van der Waals surface area contributed by atoms with E-state index in [1.165, 1.54) is 17.0 Å². The number of fused-ring (bicyclic) bond motifs is 3. The van der Waals surface area contributed by atoms with Crippen molar-refractivity contribution >= 4 is 39.7 Å². The summed E-state index contributed by atoms with van der Waals surface area (Å²) in [5, 5.41) is 21.4. The maximum absolute atomic E-state index is 12.4. The lowest BCUT2D eigenvalue weighted by Gasteiger charge is -2.23. The van der Waals surface area contributed by atoms with E-state index in [1.807, 2.05) is 38.1 Å². The summed E-state index contributed by atoms with van der Waals surface area (Å²) in [6, 6.07) is 14.5. The van der Waals surface area contributed by atoms with Crippen molar-refractivity contribution in [3.05, 3.63) is 99.3 Å². The van der Waals surface area contributed by atoms with E-state index in [9.17, 15) is 18.0 Å². The fourth-order valence-electron chi connectivity index (χ4n) is 4.57. The molecule has 41 heavy (non-hydrogen) atoms. The second-order valence-corrected chi connectivity index (χ2v) is 11.7. The predicted octanol–water partition coefficient (Wildman–Crippen LogP) is 8.66. The highest BCUT2D eigenvalue weighted by Crippen LogP contribution is 2.45. The number of azo groups is 1. The van der Waals surface area contributed by atoms with Crippen molar-refractivity contribution in [3.63, 3.8) is 0 Å². The molecule has 1 N–H and O–H groups in total. The van der Waals surface area contributed by atoms with E-state index >= 15 is 0 Å². The number of thiophene rings is 1. The molecule has 2 aromatic carbocycles. The molecule has 1 aliphatic carbocycles. The fraction of sp³-hybridized carbons (Fsp3) is 0.310. The number of aliphatic imine (C=N–C) groups is 1. The van der Waals surface area contributed by atoms with Gasteiger partial charge in [-0.05, 0) is 60.4 Å². The second kappa shape index (κ2) is 11.3.